The van der Waals surface area contributed by atoms with Gasteiger partial charge in [-0.15, -0.1) is 0 Å². The Labute approximate surface area is 129 Å². The largest absolute Gasteiger partial charge is 0.336 e. The van der Waals surface area contributed by atoms with E-state index in [1.54, 1.807) is 35.9 Å². The van der Waals surface area contributed by atoms with E-state index in [0.29, 0.717) is 6.04 Å². The van der Waals surface area contributed by atoms with Gasteiger partial charge < -0.3 is 4.90 Å². The molecule has 0 aromatic carbocycles. The molecule has 2 aromatic rings. The van der Waals surface area contributed by atoms with Crippen molar-refractivity contribution >= 4 is 17.2 Å². The molecule has 1 fully saturated rings. The number of hydrogen-bond donors (Lipinski definition) is 0. The Kier molecular flexibility index (Phi) is 4.31. The first kappa shape index (κ1) is 14.2. The van der Waals surface area contributed by atoms with Crippen LogP contribution in [0, 0.1) is 0 Å². The summed E-state index contributed by atoms with van der Waals surface area (Å²) in [4.78, 5) is 20.7. The van der Waals surface area contributed by atoms with Crippen molar-refractivity contribution in [3.63, 3.8) is 0 Å². The summed E-state index contributed by atoms with van der Waals surface area (Å²) in [5, 5.41) is 4.33. The normalized spacial score (nSPS) is 17.7. The first-order valence-electron chi connectivity index (χ1n) is 7.21. The molecular weight excluding hydrogens is 282 g/mol. The average Bonchev–Trinajstić information content (AvgIpc) is 3.09. The number of pyridine rings is 1. The van der Waals surface area contributed by atoms with Crippen LogP contribution in [0.1, 0.15) is 28.9 Å². The van der Waals surface area contributed by atoms with Crippen LogP contribution in [0.3, 0.4) is 0 Å². The monoisotopic (exact) mass is 301 g/mol. The Morgan fingerprint density at radius 1 is 1.19 bits per heavy atom. The molecule has 1 amide bonds. The van der Waals surface area contributed by atoms with Gasteiger partial charge >= 0.3 is 0 Å². The Morgan fingerprint density at radius 3 is 2.52 bits per heavy atom. The highest BCUT2D eigenvalue weighted by atomic mass is 32.1. The van der Waals surface area contributed by atoms with Gasteiger partial charge in [-0.25, -0.2) is 0 Å². The van der Waals surface area contributed by atoms with Crippen molar-refractivity contribution in [2.24, 2.45) is 0 Å². The van der Waals surface area contributed by atoms with Crippen LogP contribution in [0.15, 0.2) is 41.4 Å². The topological polar surface area (TPSA) is 36.4 Å². The van der Waals surface area contributed by atoms with Crippen molar-refractivity contribution < 1.29 is 4.79 Å². The standard InChI is InChI=1S/C16H19N3OS/c1-13(15-4-11-21-12-15)18-7-9-19(10-8-18)16(20)14-2-5-17-6-3-14/h2-6,11-13H,7-10H2,1H3. The molecule has 0 aliphatic carbocycles. The molecule has 1 atom stereocenters. The minimum atomic E-state index is 0.111. The first-order chi connectivity index (χ1) is 10.3. The van der Waals surface area contributed by atoms with Crippen LogP contribution in [-0.2, 0) is 0 Å². The summed E-state index contributed by atoms with van der Waals surface area (Å²) < 4.78 is 0. The van der Waals surface area contributed by atoms with E-state index in [9.17, 15) is 4.79 Å². The van der Waals surface area contributed by atoms with E-state index >= 15 is 0 Å². The molecule has 21 heavy (non-hydrogen) atoms. The maximum absolute atomic E-state index is 12.4. The molecule has 1 saturated heterocycles. The van der Waals surface area contributed by atoms with Crippen molar-refractivity contribution in [2.45, 2.75) is 13.0 Å². The second kappa shape index (κ2) is 6.37. The highest BCUT2D eigenvalue weighted by Gasteiger charge is 2.25. The van der Waals surface area contributed by atoms with Crippen LogP contribution in [0.4, 0.5) is 0 Å². The van der Waals surface area contributed by atoms with Gasteiger partial charge in [0.2, 0.25) is 0 Å². The third-order valence-corrected chi connectivity index (χ3v) is 4.80. The van der Waals surface area contributed by atoms with Gasteiger partial charge in [0, 0.05) is 50.2 Å². The number of thiophene rings is 1. The maximum atomic E-state index is 12.4. The maximum Gasteiger partial charge on any atom is 0.254 e. The molecule has 0 radical (unpaired) electrons. The molecule has 1 aliphatic heterocycles. The Bertz CT molecular complexity index is 577. The van der Waals surface area contributed by atoms with Crippen molar-refractivity contribution in [3.05, 3.63) is 52.5 Å². The fourth-order valence-electron chi connectivity index (χ4n) is 2.71. The summed E-state index contributed by atoms with van der Waals surface area (Å²) in [6, 6.07) is 6.17. The van der Waals surface area contributed by atoms with E-state index in [4.69, 9.17) is 0 Å². The van der Waals surface area contributed by atoms with Crippen molar-refractivity contribution in [2.75, 3.05) is 26.2 Å². The van der Waals surface area contributed by atoms with E-state index in [1.165, 1.54) is 5.56 Å². The van der Waals surface area contributed by atoms with E-state index < -0.39 is 0 Å². The van der Waals surface area contributed by atoms with Gasteiger partial charge in [0.25, 0.3) is 5.91 Å². The Morgan fingerprint density at radius 2 is 1.90 bits per heavy atom. The fraction of sp³-hybridized carbons (Fsp3) is 0.375. The zero-order valence-corrected chi connectivity index (χ0v) is 12.9. The fourth-order valence-corrected chi connectivity index (χ4v) is 3.46. The minimum absolute atomic E-state index is 0.111. The predicted molar refractivity (Wildman–Crippen MR) is 84.4 cm³/mol. The number of amides is 1. The van der Waals surface area contributed by atoms with Crippen LogP contribution in [0.25, 0.3) is 0 Å². The number of nitrogens with zero attached hydrogens (tertiary/aromatic N) is 3. The highest BCUT2D eigenvalue weighted by Crippen LogP contribution is 2.23. The minimum Gasteiger partial charge on any atom is -0.336 e. The molecule has 3 heterocycles. The number of hydrogen-bond acceptors (Lipinski definition) is 4. The third kappa shape index (κ3) is 3.14. The van der Waals surface area contributed by atoms with Crippen LogP contribution < -0.4 is 0 Å². The zero-order valence-electron chi connectivity index (χ0n) is 12.1. The Hall–Kier alpha value is -1.72. The lowest BCUT2D eigenvalue weighted by Gasteiger charge is -2.38. The third-order valence-electron chi connectivity index (χ3n) is 4.10. The smallest absolute Gasteiger partial charge is 0.254 e. The van der Waals surface area contributed by atoms with Gasteiger partial charge in [-0.3, -0.25) is 14.7 Å². The summed E-state index contributed by atoms with van der Waals surface area (Å²) in [7, 11) is 0. The molecule has 0 N–H and O–H groups in total. The van der Waals surface area contributed by atoms with Crippen molar-refractivity contribution in [1.82, 2.24) is 14.8 Å². The molecule has 0 spiro atoms. The van der Waals surface area contributed by atoms with Gasteiger partial charge in [0.15, 0.2) is 0 Å². The van der Waals surface area contributed by atoms with Crippen LogP contribution >= 0.6 is 11.3 Å². The average molecular weight is 301 g/mol. The van der Waals surface area contributed by atoms with Crippen molar-refractivity contribution in [1.29, 1.82) is 0 Å². The summed E-state index contributed by atoms with van der Waals surface area (Å²) in [5.41, 5.74) is 2.10. The van der Waals surface area contributed by atoms with Crippen molar-refractivity contribution in [3.8, 4) is 0 Å². The summed E-state index contributed by atoms with van der Waals surface area (Å²) in [6.07, 6.45) is 3.34. The van der Waals surface area contributed by atoms with Crippen LogP contribution in [0.2, 0.25) is 0 Å². The molecule has 0 saturated carbocycles. The predicted octanol–water partition coefficient (Wildman–Crippen LogP) is 2.66. The lowest BCUT2D eigenvalue weighted by atomic mass is 10.1. The molecule has 0 bridgehead atoms. The van der Waals surface area contributed by atoms with E-state index in [-0.39, 0.29) is 5.91 Å². The molecule has 2 aromatic heterocycles. The molecule has 3 rings (SSSR count). The van der Waals surface area contributed by atoms with Gasteiger partial charge in [-0.2, -0.15) is 11.3 Å². The summed E-state index contributed by atoms with van der Waals surface area (Å²) in [5.74, 6) is 0.111. The molecule has 5 heteroatoms. The second-order valence-corrected chi connectivity index (χ2v) is 6.08. The molecule has 4 nitrogen and oxygen atoms in total. The number of carbonyl (C=O) groups is 1. The van der Waals surface area contributed by atoms with Crippen LogP contribution in [-0.4, -0.2) is 46.9 Å². The number of carbonyl (C=O) groups excluding carboxylic acids is 1. The molecule has 1 aliphatic rings. The number of rotatable bonds is 3. The van der Waals surface area contributed by atoms with Gasteiger partial charge in [-0.05, 0) is 41.4 Å². The Balaban J connectivity index is 1.59. The van der Waals surface area contributed by atoms with E-state index in [0.717, 1.165) is 31.7 Å². The summed E-state index contributed by atoms with van der Waals surface area (Å²) >= 11 is 1.74. The van der Waals surface area contributed by atoms with E-state index in [2.05, 4.69) is 33.6 Å². The second-order valence-electron chi connectivity index (χ2n) is 5.30. The van der Waals surface area contributed by atoms with Crippen LogP contribution in [0.5, 0.6) is 0 Å². The number of piperazine rings is 1. The molecular formula is C16H19N3OS. The highest BCUT2D eigenvalue weighted by molar-refractivity contribution is 7.07. The first-order valence-corrected chi connectivity index (χ1v) is 8.15. The molecule has 1 unspecified atom stereocenters. The number of aromatic nitrogens is 1. The lowest BCUT2D eigenvalue weighted by Crippen LogP contribution is -2.49. The lowest BCUT2D eigenvalue weighted by molar-refractivity contribution is 0.0582. The molecule has 110 valence electrons. The van der Waals surface area contributed by atoms with Gasteiger partial charge in [0.05, 0.1) is 0 Å². The SMILES string of the molecule is CC(c1ccsc1)N1CCN(C(=O)c2ccncc2)CC1. The van der Waals surface area contributed by atoms with Gasteiger partial charge in [0.1, 0.15) is 0 Å². The van der Waals surface area contributed by atoms with Gasteiger partial charge in [-0.1, -0.05) is 0 Å². The zero-order chi connectivity index (χ0) is 14.7. The summed E-state index contributed by atoms with van der Waals surface area (Å²) in [6.45, 7) is 5.66. The van der Waals surface area contributed by atoms with E-state index in [1.807, 2.05) is 4.90 Å². The quantitative estimate of drug-likeness (QED) is 0.874.